The van der Waals surface area contributed by atoms with Crippen LogP contribution in [0.2, 0.25) is 0 Å². The molecule has 1 aliphatic heterocycles. The lowest BCUT2D eigenvalue weighted by molar-refractivity contribution is -0.140. The van der Waals surface area contributed by atoms with Crippen molar-refractivity contribution in [1.82, 2.24) is 4.90 Å². The number of imide groups is 1. The van der Waals surface area contributed by atoms with Gasteiger partial charge in [0.25, 0.3) is 11.8 Å². The SMILES string of the molecule is C=CCOc1ccc(/C=C/C(=O)OCN2C(=O)c3ccccc3C2=O)cc1. The first-order valence-corrected chi connectivity index (χ1v) is 8.24. The molecule has 0 radical (unpaired) electrons. The lowest BCUT2D eigenvalue weighted by Crippen LogP contribution is -2.32. The summed E-state index contributed by atoms with van der Waals surface area (Å²) in [5, 5.41) is 0. The van der Waals surface area contributed by atoms with Gasteiger partial charge < -0.3 is 9.47 Å². The van der Waals surface area contributed by atoms with Crippen LogP contribution < -0.4 is 4.74 Å². The minimum Gasteiger partial charge on any atom is -0.490 e. The number of fused-ring (bicyclic) bond motifs is 1. The zero-order valence-electron chi connectivity index (χ0n) is 14.5. The van der Waals surface area contributed by atoms with Crippen molar-refractivity contribution in [3.8, 4) is 5.75 Å². The molecule has 1 aliphatic rings. The lowest BCUT2D eigenvalue weighted by Gasteiger charge is -2.12. The highest BCUT2D eigenvalue weighted by atomic mass is 16.5. The second-order valence-corrected chi connectivity index (χ2v) is 5.68. The fraction of sp³-hybridized carbons (Fsp3) is 0.0952. The summed E-state index contributed by atoms with van der Waals surface area (Å²) in [7, 11) is 0. The third-order valence-corrected chi connectivity index (χ3v) is 3.87. The van der Waals surface area contributed by atoms with Crippen LogP contribution in [0.4, 0.5) is 0 Å². The van der Waals surface area contributed by atoms with Crippen molar-refractivity contribution in [3.63, 3.8) is 0 Å². The Morgan fingerprint density at radius 2 is 1.63 bits per heavy atom. The monoisotopic (exact) mass is 363 g/mol. The fourth-order valence-electron chi connectivity index (χ4n) is 2.53. The molecule has 136 valence electrons. The Kier molecular flexibility index (Phi) is 5.47. The number of ether oxygens (including phenoxy) is 2. The van der Waals surface area contributed by atoms with E-state index in [9.17, 15) is 14.4 Å². The van der Waals surface area contributed by atoms with Gasteiger partial charge in [0.1, 0.15) is 12.4 Å². The molecule has 0 saturated heterocycles. The summed E-state index contributed by atoms with van der Waals surface area (Å²) >= 11 is 0. The Labute approximate surface area is 156 Å². The van der Waals surface area contributed by atoms with Gasteiger partial charge in [-0.3, -0.25) is 9.59 Å². The van der Waals surface area contributed by atoms with Crippen LogP contribution in [0.25, 0.3) is 6.08 Å². The van der Waals surface area contributed by atoms with Crippen LogP contribution in [0, 0.1) is 0 Å². The van der Waals surface area contributed by atoms with Crippen molar-refractivity contribution in [2.75, 3.05) is 13.3 Å². The lowest BCUT2D eigenvalue weighted by atomic mass is 10.1. The molecular weight excluding hydrogens is 346 g/mol. The first kappa shape index (κ1) is 18.1. The molecule has 0 spiro atoms. The number of benzene rings is 2. The van der Waals surface area contributed by atoms with E-state index in [0.29, 0.717) is 23.5 Å². The van der Waals surface area contributed by atoms with Crippen molar-refractivity contribution in [1.29, 1.82) is 0 Å². The molecule has 2 amide bonds. The molecule has 3 rings (SSSR count). The normalized spacial score (nSPS) is 13.0. The maximum absolute atomic E-state index is 12.2. The number of hydrogen-bond acceptors (Lipinski definition) is 5. The van der Waals surface area contributed by atoms with Gasteiger partial charge in [0.05, 0.1) is 11.1 Å². The standard InChI is InChI=1S/C21H17NO5/c1-2-13-26-16-10-7-15(8-11-16)9-12-19(23)27-14-22-20(24)17-5-3-4-6-18(17)21(22)25/h2-12H,1,13-14H2/b12-9+. The van der Waals surface area contributed by atoms with Gasteiger partial charge in [0, 0.05) is 6.08 Å². The van der Waals surface area contributed by atoms with Gasteiger partial charge in [0.15, 0.2) is 6.73 Å². The van der Waals surface area contributed by atoms with Crippen LogP contribution in [-0.2, 0) is 9.53 Å². The Bertz CT molecular complexity index is 879. The van der Waals surface area contributed by atoms with Crippen LogP contribution in [0.1, 0.15) is 26.3 Å². The Morgan fingerprint density at radius 1 is 1.00 bits per heavy atom. The van der Waals surface area contributed by atoms with Crippen LogP contribution in [-0.4, -0.2) is 36.0 Å². The second kappa shape index (κ2) is 8.14. The molecule has 2 aromatic carbocycles. The van der Waals surface area contributed by atoms with Crippen molar-refractivity contribution < 1.29 is 23.9 Å². The van der Waals surface area contributed by atoms with E-state index in [-0.39, 0.29) is 0 Å². The molecule has 0 aliphatic carbocycles. The summed E-state index contributed by atoms with van der Waals surface area (Å²) in [6.45, 7) is 3.57. The molecule has 6 nitrogen and oxygen atoms in total. The average molecular weight is 363 g/mol. The summed E-state index contributed by atoms with van der Waals surface area (Å²) in [6.07, 6.45) is 4.46. The molecule has 0 N–H and O–H groups in total. The number of rotatable bonds is 7. The van der Waals surface area contributed by atoms with Crippen LogP contribution >= 0.6 is 0 Å². The van der Waals surface area contributed by atoms with Gasteiger partial charge in [-0.1, -0.05) is 36.9 Å². The molecule has 27 heavy (non-hydrogen) atoms. The number of carbonyl (C=O) groups is 3. The van der Waals surface area contributed by atoms with Crippen LogP contribution in [0.15, 0.2) is 67.3 Å². The van der Waals surface area contributed by atoms with Gasteiger partial charge in [0.2, 0.25) is 0 Å². The first-order valence-electron chi connectivity index (χ1n) is 8.24. The number of nitrogens with zero attached hydrogens (tertiary/aromatic N) is 1. The number of amides is 2. The van der Waals surface area contributed by atoms with E-state index in [1.165, 1.54) is 6.08 Å². The quantitative estimate of drug-likeness (QED) is 0.327. The molecule has 1 heterocycles. The van der Waals surface area contributed by atoms with Crippen LogP contribution in [0.3, 0.4) is 0 Å². The molecule has 0 fully saturated rings. The minimum absolute atomic E-state index is 0.313. The minimum atomic E-state index is -0.654. The van der Waals surface area contributed by atoms with E-state index >= 15 is 0 Å². The highest BCUT2D eigenvalue weighted by Crippen LogP contribution is 2.22. The molecule has 2 aromatic rings. The number of esters is 1. The Morgan fingerprint density at radius 3 is 2.22 bits per heavy atom. The molecular formula is C21H17NO5. The molecule has 0 atom stereocenters. The molecule has 0 saturated carbocycles. The predicted molar refractivity (Wildman–Crippen MR) is 99.1 cm³/mol. The molecule has 0 unspecified atom stereocenters. The summed E-state index contributed by atoms with van der Waals surface area (Å²) in [4.78, 5) is 37.1. The Balaban J connectivity index is 1.54. The van der Waals surface area contributed by atoms with Gasteiger partial charge in [-0.2, -0.15) is 0 Å². The summed E-state index contributed by atoms with van der Waals surface area (Å²) in [5.41, 5.74) is 1.40. The van der Waals surface area contributed by atoms with E-state index in [2.05, 4.69) is 6.58 Å². The largest absolute Gasteiger partial charge is 0.490 e. The van der Waals surface area contributed by atoms with E-state index in [1.54, 1.807) is 60.7 Å². The third-order valence-electron chi connectivity index (χ3n) is 3.87. The zero-order valence-corrected chi connectivity index (χ0v) is 14.5. The summed E-state index contributed by atoms with van der Waals surface area (Å²) < 4.78 is 10.4. The molecule has 0 aromatic heterocycles. The first-order chi connectivity index (χ1) is 13.1. The summed E-state index contributed by atoms with van der Waals surface area (Å²) in [6, 6.07) is 13.6. The maximum atomic E-state index is 12.2. The van der Waals surface area contributed by atoms with Gasteiger partial charge >= 0.3 is 5.97 Å². The third kappa shape index (κ3) is 4.12. The van der Waals surface area contributed by atoms with E-state index < -0.39 is 24.5 Å². The fourth-order valence-corrected chi connectivity index (χ4v) is 2.53. The van der Waals surface area contributed by atoms with Crippen LogP contribution in [0.5, 0.6) is 5.75 Å². The maximum Gasteiger partial charge on any atom is 0.332 e. The molecule has 0 bridgehead atoms. The second-order valence-electron chi connectivity index (χ2n) is 5.68. The van der Waals surface area contributed by atoms with Gasteiger partial charge in [-0.25, -0.2) is 9.69 Å². The summed E-state index contributed by atoms with van der Waals surface area (Å²) in [5.74, 6) is -0.899. The number of carbonyl (C=O) groups excluding carboxylic acids is 3. The van der Waals surface area contributed by atoms with Crippen molar-refractivity contribution in [3.05, 3.63) is 84.0 Å². The smallest absolute Gasteiger partial charge is 0.332 e. The van der Waals surface area contributed by atoms with E-state index in [1.807, 2.05) is 0 Å². The topological polar surface area (TPSA) is 72.9 Å². The highest BCUT2D eigenvalue weighted by molar-refractivity contribution is 6.21. The average Bonchev–Trinajstić information content (AvgIpc) is 2.94. The van der Waals surface area contributed by atoms with Gasteiger partial charge in [-0.05, 0) is 35.9 Å². The molecule has 6 heteroatoms. The Hall–Kier alpha value is -3.67. The van der Waals surface area contributed by atoms with Crippen molar-refractivity contribution in [2.24, 2.45) is 0 Å². The highest BCUT2D eigenvalue weighted by Gasteiger charge is 2.35. The van der Waals surface area contributed by atoms with Crippen molar-refractivity contribution in [2.45, 2.75) is 0 Å². The van der Waals surface area contributed by atoms with Gasteiger partial charge in [-0.15, -0.1) is 0 Å². The predicted octanol–water partition coefficient (Wildman–Crippen LogP) is 3.06. The zero-order chi connectivity index (χ0) is 19.2. The van der Waals surface area contributed by atoms with Crippen molar-refractivity contribution >= 4 is 23.9 Å². The van der Waals surface area contributed by atoms with E-state index in [0.717, 1.165) is 10.5 Å². The number of hydrogen-bond donors (Lipinski definition) is 0. The van der Waals surface area contributed by atoms with E-state index in [4.69, 9.17) is 9.47 Å².